The Kier molecular flexibility index (Phi) is 8.27. The Morgan fingerprint density at radius 1 is 1.03 bits per heavy atom. The molecule has 9 heteroatoms. The van der Waals surface area contributed by atoms with Crippen molar-refractivity contribution in [2.45, 2.75) is 6.92 Å². The molecule has 0 heterocycles. The zero-order valence-corrected chi connectivity index (χ0v) is 19.9. The topological polar surface area (TPSA) is 77.0 Å². The molecule has 0 atom stereocenters. The Labute approximate surface area is 203 Å². The molecule has 0 aliphatic carbocycles. The molecule has 3 aromatic carbocycles. The molecule has 0 fully saturated rings. The standard InChI is InChI=1S/C23H17BrCl2N2O4/c1-2-31-21-11-14(13-27-28-22(29)16-5-3-4-6-18(16)24)7-10-20(21)32-23(30)17-9-8-15(25)12-19(17)26/h3-13H,2H2,1H3,(H,28,29)/b27-13+. The van der Waals surface area contributed by atoms with Crippen LogP contribution >= 0.6 is 39.1 Å². The predicted octanol–water partition coefficient (Wildman–Crippen LogP) is 6.14. The second-order valence-corrected chi connectivity index (χ2v) is 8.03. The first-order chi connectivity index (χ1) is 15.4. The van der Waals surface area contributed by atoms with Crippen LogP contribution in [0.2, 0.25) is 10.0 Å². The molecule has 32 heavy (non-hydrogen) atoms. The summed E-state index contributed by atoms with van der Waals surface area (Å²) in [6, 6.07) is 16.4. The molecule has 0 unspecified atom stereocenters. The molecular weight excluding hydrogens is 519 g/mol. The van der Waals surface area contributed by atoms with Gasteiger partial charge in [0.15, 0.2) is 11.5 Å². The van der Waals surface area contributed by atoms with Crippen LogP contribution in [0.3, 0.4) is 0 Å². The summed E-state index contributed by atoms with van der Waals surface area (Å²) in [5, 5.41) is 4.58. The van der Waals surface area contributed by atoms with E-state index in [4.69, 9.17) is 32.7 Å². The first kappa shape index (κ1) is 23.8. The van der Waals surface area contributed by atoms with Crippen LogP contribution in [0.1, 0.15) is 33.2 Å². The summed E-state index contributed by atoms with van der Waals surface area (Å²) >= 11 is 15.3. The average molecular weight is 536 g/mol. The Balaban J connectivity index is 1.74. The number of amides is 1. The molecule has 0 bridgehead atoms. The van der Waals surface area contributed by atoms with Gasteiger partial charge in [0.25, 0.3) is 5.91 Å². The van der Waals surface area contributed by atoms with E-state index in [-0.39, 0.29) is 22.2 Å². The number of carbonyl (C=O) groups excluding carboxylic acids is 2. The van der Waals surface area contributed by atoms with Crippen molar-refractivity contribution in [1.82, 2.24) is 5.43 Å². The van der Waals surface area contributed by atoms with Crippen molar-refractivity contribution in [1.29, 1.82) is 0 Å². The summed E-state index contributed by atoms with van der Waals surface area (Å²) in [5.41, 5.74) is 3.74. The van der Waals surface area contributed by atoms with E-state index in [2.05, 4.69) is 26.5 Å². The fourth-order valence-corrected chi connectivity index (χ4v) is 3.59. The number of ether oxygens (including phenoxy) is 2. The van der Waals surface area contributed by atoms with Crippen LogP contribution in [-0.2, 0) is 0 Å². The van der Waals surface area contributed by atoms with Gasteiger partial charge in [-0.25, -0.2) is 10.2 Å². The SMILES string of the molecule is CCOc1cc(/C=N/NC(=O)c2ccccc2Br)ccc1OC(=O)c1ccc(Cl)cc1Cl. The van der Waals surface area contributed by atoms with Gasteiger partial charge in [0, 0.05) is 9.50 Å². The van der Waals surface area contributed by atoms with Gasteiger partial charge in [-0.2, -0.15) is 5.10 Å². The molecule has 1 N–H and O–H groups in total. The van der Waals surface area contributed by atoms with E-state index in [1.807, 2.05) is 6.07 Å². The maximum atomic E-state index is 12.5. The van der Waals surface area contributed by atoms with Gasteiger partial charge < -0.3 is 9.47 Å². The van der Waals surface area contributed by atoms with Crippen molar-refractivity contribution in [3.8, 4) is 11.5 Å². The highest BCUT2D eigenvalue weighted by Crippen LogP contribution is 2.30. The van der Waals surface area contributed by atoms with Gasteiger partial charge in [-0.3, -0.25) is 4.79 Å². The Morgan fingerprint density at radius 2 is 1.81 bits per heavy atom. The Hall–Kier alpha value is -2.87. The maximum absolute atomic E-state index is 12.5. The van der Waals surface area contributed by atoms with Crippen molar-refractivity contribution < 1.29 is 19.1 Å². The Morgan fingerprint density at radius 3 is 2.53 bits per heavy atom. The molecule has 3 aromatic rings. The van der Waals surface area contributed by atoms with Crippen molar-refractivity contribution >= 4 is 57.2 Å². The first-order valence-corrected chi connectivity index (χ1v) is 11.0. The molecule has 1 amide bonds. The average Bonchev–Trinajstić information content (AvgIpc) is 2.75. The number of hydrazone groups is 1. The van der Waals surface area contributed by atoms with E-state index >= 15 is 0 Å². The molecular formula is C23H17BrCl2N2O4. The van der Waals surface area contributed by atoms with Crippen LogP contribution in [0.4, 0.5) is 0 Å². The number of hydrogen-bond acceptors (Lipinski definition) is 5. The van der Waals surface area contributed by atoms with Crippen LogP contribution in [0.15, 0.2) is 70.2 Å². The third-order valence-electron chi connectivity index (χ3n) is 4.12. The molecule has 0 spiro atoms. The van der Waals surface area contributed by atoms with Gasteiger partial charge in [0.05, 0.1) is 29.0 Å². The molecule has 3 rings (SSSR count). The molecule has 0 aromatic heterocycles. The molecule has 164 valence electrons. The lowest BCUT2D eigenvalue weighted by atomic mass is 10.2. The van der Waals surface area contributed by atoms with Crippen LogP contribution in [0.25, 0.3) is 0 Å². The van der Waals surface area contributed by atoms with Crippen molar-refractivity contribution in [3.05, 3.63) is 91.9 Å². The van der Waals surface area contributed by atoms with Crippen LogP contribution in [-0.4, -0.2) is 24.7 Å². The fourth-order valence-electron chi connectivity index (χ4n) is 2.64. The molecule has 0 radical (unpaired) electrons. The number of esters is 1. The van der Waals surface area contributed by atoms with Crippen molar-refractivity contribution in [2.24, 2.45) is 5.10 Å². The van der Waals surface area contributed by atoms with Gasteiger partial charge in [0.1, 0.15) is 0 Å². The third kappa shape index (κ3) is 6.09. The van der Waals surface area contributed by atoms with E-state index in [0.29, 0.717) is 33.0 Å². The van der Waals surface area contributed by atoms with Gasteiger partial charge in [-0.1, -0.05) is 35.3 Å². The fraction of sp³-hybridized carbons (Fsp3) is 0.0870. The van der Waals surface area contributed by atoms with Gasteiger partial charge in [-0.15, -0.1) is 0 Å². The highest BCUT2D eigenvalue weighted by molar-refractivity contribution is 9.10. The predicted molar refractivity (Wildman–Crippen MR) is 128 cm³/mol. The van der Waals surface area contributed by atoms with E-state index in [0.717, 1.165) is 0 Å². The minimum absolute atomic E-state index is 0.180. The summed E-state index contributed by atoms with van der Waals surface area (Å²) in [6.07, 6.45) is 1.46. The summed E-state index contributed by atoms with van der Waals surface area (Å²) in [4.78, 5) is 24.7. The smallest absolute Gasteiger partial charge is 0.345 e. The summed E-state index contributed by atoms with van der Waals surface area (Å²) < 4.78 is 11.7. The van der Waals surface area contributed by atoms with E-state index < -0.39 is 5.97 Å². The number of hydrogen-bond donors (Lipinski definition) is 1. The largest absolute Gasteiger partial charge is 0.490 e. The van der Waals surface area contributed by atoms with Crippen LogP contribution < -0.4 is 14.9 Å². The number of benzene rings is 3. The number of carbonyl (C=O) groups is 2. The molecule has 0 saturated carbocycles. The lowest BCUT2D eigenvalue weighted by Gasteiger charge is -2.12. The molecule has 0 aliphatic heterocycles. The first-order valence-electron chi connectivity index (χ1n) is 9.41. The van der Waals surface area contributed by atoms with Gasteiger partial charge in [0.2, 0.25) is 0 Å². The number of rotatable bonds is 7. The molecule has 6 nitrogen and oxygen atoms in total. The monoisotopic (exact) mass is 534 g/mol. The second-order valence-electron chi connectivity index (χ2n) is 6.33. The number of nitrogens with zero attached hydrogens (tertiary/aromatic N) is 1. The summed E-state index contributed by atoms with van der Waals surface area (Å²) in [6.45, 7) is 2.16. The summed E-state index contributed by atoms with van der Waals surface area (Å²) in [5.74, 6) is -0.442. The third-order valence-corrected chi connectivity index (χ3v) is 5.36. The summed E-state index contributed by atoms with van der Waals surface area (Å²) in [7, 11) is 0. The van der Waals surface area contributed by atoms with E-state index in [1.54, 1.807) is 49.4 Å². The van der Waals surface area contributed by atoms with E-state index in [1.165, 1.54) is 18.3 Å². The minimum atomic E-state index is -0.644. The zero-order chi connectivity index (χ0) is 23.1. The van der Waals surface area contributed by atoms with Gasteiger partial charge in [-0.05, 0) is 76.9 Å². The van der Waals surface area contributed by atoms with Gasteiger partial charge >= 0.3 is 5.97 Å². The minimum Gasteiger partial charge on any atom is -0.490 e. The number of halogens is 3. The van der Waals surface area contributed by atoms with Crippen LogP contribution in [0, 0.1) is 0 Å². The molecule has 0 aliphatic rings. The second kappa shape index (κ2) is 11.1. The molecule has 0 saturated heterocycles. The quantitative estimate of drug-likeness (QED) is 0.171. The van der Waals surface area contributed by atoms with E-state index in [9.17, 15) is 9.59 Å². The zero-order valence-electron chi connectivity index (χ0n) is 16.8. The normalized spacial score (nSPS) is 10.8. The maximum Gasteiger partial charge on any atom is 0.345 e. The number of nitrogens with one attached hydrogen (secondary N) is 1. The highest BCUT2D eigenvalue weighted by Gasteiger charge is 2.16. The Bertz CT molecular complexity index is 1180. The highest BCUT2D eigenvalue weighted by atomic mass is 79.9. The lowest BCUT2D eigenvalue weighted by Crippen LogP contribution is -2.18. The van der Waals surface area contributed by atoms with Crippen molar-refractivity contribution in [2.75, 3.05) is 6.61 Å². The lowest BCUT2D eigenvalue weighted by molar-refractivity contribution is 0.0728. The van der Waals surface area contributed by atoms with Crippen LogP contribution in [0.5, 0.6) is 11.5 Å². The van der Waals surface area contributed by atoms with Crippen molar-refractivity contribution in [3.63, 3.8) is 0 Å².